The highest BCUT2D eigenvalue weighted by atomic mass is 16.8. The molecule has 4 saturated heterocycles. The van der Waals surface area contributed by atoms with Gasteiger partial charge >= 0.3 is 41.8 Å². The van der Waals surface area contributed by atoms with Crippen LogP contribution in [0.25, 0.3) is 0 Å². The third kappa shape index (κ3) is 2.92. The predicted molar refractivity (Wildman–Crippen MR) is 132 cm³/mol. The lowest BCUT2D eigenvalue weighted by atomic mass is 9.50. The van der Waals surface area contributed by atoms with Crippen LogP contribution in [-0.2, 0) is 71.5 Å². The maximum absolute atomic E-state index is 14.6. The van der Waals surface area contributed by atoms with Gasteiger partial charge in [-0.15, -0.1) is 0 Å². The Hall–Kier alpha value is -3.75. The molecule has 12 atom stereocenters. The van der Waals surface area contributed by atoms with Crippen LogP contribution in [0.15, 0.2) is 0 Å². The van der Waals surface area contributed by atoms with E-state index in [4.69, 9.17) is 37.9 Å². The number of rotatable bonds is 4. The van der Waals surface area contributed by atoms with Crippen molar-refractivity contribution in [1.29, 1.82) is 0 Å². The molecule has 4 heterocycles. The van der Waals surface area contributed by atoms with Gasteiger partial charge in [0.25, 0.3) is 0 Å². The molecule has 0 aromatic carbocycles. The molecule has 0 aromatic heterocycles. The first-order valence-corrected chi connectivity index (χ1v) is 13.9. The van der Waals surface area contributed by atoms with Gasteiger partial charge in [-0.25, -0.2) is 9.59 Å². The van der Waals surface area contributed by atoms with E-state index in [1.165, 1.54) is 6.92 Å². The number of hydrogen-bond donors (Lipinski definition) is 0. The van der Waals surface area contributed by atoms with E-state index >= 15 is 0 Å². The summed E-state index contributed by atoms with van der Waals surface area (Å²) in [5, 5.41) is 0. The van der Waals surface area contributed by atoms with Crippen LogP contribution >= 0.6 is 0 Å². The van der Waals surface area contributed by atoms with E-state index in [-0.39, 0.29) is 0 Å². The van der Waals surface area contributed by atoms with Gasteiger partial charge in [0, 0.05) is 33.6 Å². The number of ether oxygens (including phenoxy) is 8. The molecule has 0 radical (unpaired) electrons. The van der Waals surface area contributed by atoms with Crippen LogP contribution in [0.4, 0.5) is 0 Å². The van der Waals surface area contributed by atoms with E-state index < -0.39 is 118 Å². The topological polar surface area (TPSA) is 193 Å². The molecule has 2 aliphatic carbocycles. The molecule has 234 valence electrons. The molecular formula is C28H32O15. The van der Waals surface area contributed by atoms with Crippen molar-refractivity contribution in [2.45, 2.75) is 103 Å². The van der Waals surface area contributed by atoms with Crippen molar-refractivity contribution in [3.63, 3.8) is 0 Å². The first-order valence-electron chi connectivity index (χ1n) is 13.9. The average molecular weight is 609 g/mol. The Morgan fingerprint density at radius 2 is 1.35 bits per heavy atom. The standard InChI is InChI=1S/C28H32O15/c1-9-20(33)40-18-17(37-11(3)30)26-16(36-10(2)29)14-15(24(6,7)8)25(26)19(38-12(4)31)21(34)41-23(25)43-28(26,22(35)39-14)27(9,18)42-13(5)32/h9,14-19,23H,1-8H3/t9-,14-,15+,16-,17+,18+,19+,23-,25+,26+,27-,28-/m1/s1. The second-order valence-corrected chi connectivity index (χ2v) is 13.1. The molecule has 43 heavy (non-hydrogen) atoms. The van der Waals surface area contributed by atoms with Crippen LogP contribution in [0, 0.1) is 28.1 Å². The highest BCUT2D eigenvalue weighted by Crippen LogP contribution is 2.85. The molecule has 6 rings (SSSR count). The van der Waals surface area contributed by atoms with Gasteiger partial charge in [-0.05, 0) is 12.3 Å². The van der Waals surface area contributed by atoms with E-state index in [1.54, 1.807) is 20.8 Å². The Balaban J connectivity index is 1.83. The quantitative estimate of drug-likeness (QED) is 0.303. The molecule has 2 spiro atoms. The Bertz CT molecular complexity index is 1400. The summed E-state index contributed by atoms with van der Waals surface area (Å²) in [6, 6.07) is 0. The summed E-state index contributed by atoms with van der Waals surface area (Å²) in [5.74, 6) is -9.20. The maximum Gasteiger partial charge on any atom is 0.350 e. The predicted octanol–water partition coefficient (Wildman–Crippen LogP) is -0.115. The molecule has 0 amide bonds. The summed E-state index contributed by atoms with van der Waals surface area (Å²) in [7, 11) is 0. The van der Waals surface area contributed by atoms with Crippen LogP contribution in [-0.4, -0.2) is 89.8 Å². The minimum absolute atomic E-state index is 0.844. The zero-order valence-corrected chi connectivity index (χ0v) is 24.7. The Morgan fingerprint density at radius 1 is 0.767 bits per heavy atom. The SMILES string of the molecule is CC(=O)O[C@@H]1[C@@H]2OC(=O)[C@@]34O[C@H]5OC(=O)[C@H](OC(C)=O)[C@]5([C@@H]2C(C)(C)C)[C@@]13[C@@H](OC(C)=O)[C@@H]1OC(=O)[C@@H](C)[C@@]14OC(C)=O. The lowest BCUT2D eigenvalue weighted by Gasteiger charge is -2.52. The molecule has 4 aliphatic heterocycles. The van der Waals surface area contributed by atoms with Crippen molar-refractivity contribution in [2.75, 3.05) is 0 Å². The molecule has 2 bridgehead atoms. The Kier molecular flexibility index (Phi) is 5.76. The highest BCUT2D eigenvalue weighted by Gasteiger charge is 3.07. The number of hydrogen-bond acceptors (Lipinski definition) is 15. The van der Waals surface area contributed by atoms with E-state index in [0.717, 1.165) is 27.7 Å². The van der Waals surface area contributed by atoms with E-state index in [0.29, 0.717) is 0 Å². The van der Waals surface area contributed by atoms with Gasteiger partial charge in [-0.3, -0.25) is 24.0 Å². The summed E-state index contributed by atoms with van der Waals surface area (Å²) in [6.45, 7) is 10.9. The van der Waals surface area contributed by atoms with Gasteiger partial charge < -0.3 is 37.9 Å². The summed E-state index contributed by atoms with van der Waals surface area (Å²) in [4.78, 5) is 92.5. The maximum atomic E-state index is 14.6. The van der Waals surface area contributed by atoms with Gasteiger partial charge in [0.1, 0.15) is 22.9 Å². The second-order valence-electron chi connectivity index (χ2n) is 13.1. The Labute approximate surface area is 245 Å². The van der Waals surface area contributed by atoms with Crippen molar-refractivity contribution < 1.29 is 71.5 Å². The fraction of sp³-hybridized carbons (Fsp3) is 0.750. The van der Waals surface area contributed by atoms with Crippen molar-refractivity contribution in [1.82, 2.24) is 0 Å². The van der Waals surface area contributed by atoms with Gasteiger partial charge in [0.15, 0.2) is 18.3 Å². The van der Waals surface area contributed by atoms with Crippen molar-refractivity contribution in [3.05, 3.63) is 0 Å². The van der Waals surface area contributed by atoms with Crippen molar-refractivity contribution >= 4 is 41.8 Å². The molecule has 6 aliphatic rings. The molecule has 2 saturated carbocycles. The summed E-state index contributed by atoms with van der Waals surface area (Å²) < 4.78 is 47.5. The minimum Gasteiger partial charge on any atom is -0.458 e. The minimum atomic E-state index is -2.64. The molecule has 15 heteroatoms. The number of esters is 7. The number of fused-ring (bicyclic) bond motifs is 2. The molecular weight excluding hydrogens is 576 g/mol. The van der Waals surface area contributed by atoms with Crippen LogP contribution in [0.5, 0.6) is 0 Å². The zero-order valence-electron chi connectivity index (χ0n) is 24.7. The third-order valence-corrected chi connectivity index (χ3v) is 10.0. The normalized spacial score (nSPS) is 46.6. The molecule has 6 fully saturated rings. The van der Waals surface area contributed by atoms with Crippen LogP contribution in [0.3, 0.4) is 0 Å². The van der Waals surface area contributed by atoms with Crippen LogP contribution < -0.4 is 0 Å². The molecule has 0 unspecified atom stereocenters. The fourth-order valence-electron chi connectivity index (χ4n) is 9.55. The second kappa shape index (κ2) is 8.45. The Morgan fingerprint density at radius 3 is 1.88 bits per heavy atom. The third-order valence-electron chi connectivity index (χ3n) is 10.0. The molecule has 15 nitrogen and oxygen atoms in total. The van der Waals surface area contributed by atoms with Crippen LogP contribution in [0.1, 0.15) is 55.4 Å². The average Bonchev–Trinajstić information content (AvgIpc) is 3.47. The molecule has 0 N–H and O–H groups in total. The van der Waals surface area contributed by atoms with Gasteiger partial charge in [-0.1, -0.05) is 20.8 Å². The zero-order chi connectivity index (χ0) is 31.8. The van der Waals surface area contributed by atoms with Gasteiger partial charge in [0.05, 0.1) is 0 Å². The summed E-state index contributed by atoms with van der Waals surface area (Å²) in [5.41, 5.74) is -10.2. The number of carbonyl (C=O) groups excluding carboxylic acids is 7. The van der Waals surface area contributed by atoms with Crippen molar-refractivity contribution in [3.8, 4) is 0 Å². The monoisotopic (exact) mass is 608 g/mol. The summed E-state index contributed by atoms with van der Waals surface area (Å²) >= 11 is 0. The van der Waals surface area contributed by atoms with Gasteiger partial charge in [-0.2, -0.15) is 0 Å². The first-order chi connectivity index (χ1) is 19.9. The fourth-order valence-corrected chi connectivity index (χ4v) is 9.55. The van der Waals surface area contributed by atoms with Crippen LogP contribution in [0.2, 0.25) is 0 Å². The number of carbonyl (C=O) groups is 7. The largest absolute Gasteiger partial charge is 0.458 e. The van der Waals surface area contributed by atoms with Gasteiger partial charge in [0.2, 0.25) is 23.6 Å². The first kappa shape index (κ1) is 29.3. The van der Waals surface area contributed by atoms with E-state index in [2.05, 4.69) is 0 Å². The summed E-state index contributed by atoms with van der Waals surface area (Å²) in [6.07, 6.45) is -9.88. The highest BCUT2D eigenvalue weighted by molar-refractivity contribution is 5.95. The lowest BCUT2D eigenvalue weighted by molar-refractivity contribution is -0.286. The van der Waals surface area contributed by atoms with E-state index in [1.807, 2.05) is 0 Å². The smallest absolute Gasteiger partial charge is 0.350 e. The van der Waals surface area contributed by atoms with Crippen molar-refractivity contribution in [2.24, 2.45) is 28.1 Å². The lowest BCUT2D eigenvalue weighted by Crippen LogP contribution is -2.75. The van der Waals surface area contributed by atoms with E-state index in [9.17, 15) is 33.6 Å². The molecule has 0 aromatic rings.